The first-order valence-corrected chi connectivity index (χ1v) is 20.1. The van der Waals surface area contributed by atoms with Gasteiger partial charge in [0.05, 0.1) is 23.4 Å². The van der Waals surface area contributed by atoms with Crippen molar-refractivity contribution in [2.24, 2.45) is 11.7 Å². The SMILES string of the molecule is CN1CCN([C@@H]2CCCN(c3cnc(C(N)=O)c(Nc4ccc(C5CN(C[C@H]6CCN(c7ccc8c(c7)C(=O)N(C7CCC(=O)NC7=O)C8=O)C6)C5)cc4)n3)C2)C1=O. The van der Waals surface area contributed by atoms with Gasteiger partial charge in [-0.1, -0.05) is 12.1 Å². The van der Waals surface area contributed by atoms with Crippen LogP contribution in [0, 0.1) is 5.92 Å². The Bertz CT molecular complexity index is 2190. The van der Waals surface area contributed by atoms with Crippen LogP contribution in [0.5, 0.6) is 0 Å². The van der Waals surface area contributed by atoms with Crippen molar-refractivity contribution in [2.45, 2.75) is 50.1 Å². The minimum atomic E-state index is -0.981. The van der Waals surface area contributed by atoms with E-state index in [9.17, 15) is 28.8 Å². The van der Waals surface area contributed by atoms with Gasteiger partial charge in [-0.3, -0.25) is 34.2 Å². The van der Waals surface area contributed by atoms with Crippen molar-refractivity contribution in [1.82, 2.24) is 34.9 Å². The lowest BCUT2D eigenvalue weighted by Crippen LogP contribution is -2.54. The number of hydrogen-bond acceptors (Lipinski definition) is 12. The van der Waals surface area contributed by atoms with Crippen LogP contribution < -0.4 is 26.2 Å². The van der Waals surface area contributed by atoms with Crippen molar-refractivity contribution in [1.29, 1.82) is 0 Å². The third kappa shape index (κ3) is 6.96. The first kappa shape index (κ1) is 37.5. The number of nitrogens with two attached hydrogens (primary N) is 1. The second-order valence-electron chi connectivity index (χ2n) is 16.4. The van der Waals surface area contributed by atoms with E-state index in [1.165, 1.54) is 5.56 Å². The molecule has 4 N–H and O–H groups in total. The molecule has 0 spiro atoms. The average Bonchev–Trinajstić information content (AvgIpc) is 3.88. The molecule has 5 fully saturated rings. The summed E-state index contributed by atoms with van der Waals surface area (Å²) in [4.78, 5) is 96.3. The predicted molar refractivity (Wildman–Crippen MR) is 213 cm³/mol. The topological polar surface area (TPSA) is 198 Å². The summed E-state index contributed by atoms with van der Waals surface area (Å²) >= 11 is 0. The van der Waals surface area contributed by atoms with Crippen LogP contribution in [-0.2, 0) is 9.59 Å². The summed E-state index contributed by atoms with van der Waals surface area (Å²) in [5.74, 6) is -0.885. The predicted octanol–water partition coefficient (Wildman–Crippen LogP) is 1.98. The van der Waals surface area contributed by atoms with E-state index in [4.69, 9.17) is 10.7 Å². The fourth-order valence-corrected chi connectivity index (χ4v) is 9.37. The summed E-state index contributed by atoms with van der Waals surface area (Å²) in [5, 5.41) is 5.52. The number of benzene rings is 2. The summed E-state index contributed by atoms with van der Waals surface area (Å²) in [5.41, 5.74) is 9.23. The number of anilines is 4. The molecular formula is C41H47N11O6. The number of rotatable bonds is 10. The molecule has 9 rings (SSSR count). The number of carbonyl (C=O) groups excluding carboxylic acids is 6. The van der Waals surface area contributed by atoms with Crippen LogP contribution in [0.1, 0.15) is 74.8 Å². The van der Waals surface area contributed by atoms with Crippen molar-refractivity contribution in [3.05, 3.63) is 71.0 Å². The Hall–Kier alpha value is -6.10. The van der Waals surface area contributed by atoms with Gasteiger partial charge in [0.2, 0.25) is 11.8 Å². The van der Waals surface area contributed by atoms with Gasteiger partial charge in [0.25, 0.3) is 17.7 Å². The number of carbonyl (C=O) groups is 6. The van der Waals surface area contributed by atoms with Crippen LogP contribution >= 0.6 is 0 Å². The van der Waals surface area contributed by atoms with E-state index in [-0.39, 0.29) is 36.2 Å². The number of nitrogens with zero attached hydrogens (tertiary/aromatic N) is 8. The number of primary amides is 1. The van der Waals surface area contributed by atoms with Crippen LogP contribution in [0.3, 0.4) is 0 Å². The Morgan fingerprint density at radius 3 is 2.41 bits per heavy atom. The van der Waals surface area contributed by atoms with Crippen molar-refractivity contribution in [2.75, 3.05) is 81.1 Å². The highest BCUT2D eigenvalue weighted by atomic mass is 16.2. The van der Waals surface area contributed by atoms with E-state index >= 15 is 0 Å². The molecule has 0 saturated carbocycles. The number of fused-ring (bicyclic) bond motifs is 1. The first-order chi connectivity index (χ1) is 28.0. The third-order valence-corrected chi connectivity index (χ3v) is 12.6. The van der Waals surface area contributed by atoms with Gasteiger partial charge < -0.3 is 35.6 Å². The monoisotopic (exact) mass is 789 g/mol. The Kier molecular flexibility index (Phi) is 9.70. The number of likely N-dealkylation sites (tertiary alicyclic amines) is 1. The van der Waals surface area contributed by atoms with Gasteiger partial charge in [0, 0.05) is 89.7 Å². The maximum absolute atomic E-state index is 13.3. The van der Waals surface area contributed by atoms with Crippen LogP contribution in [0.4, 0.5) is 27.8 Å². The Labute approximate surface area is 335 Å². The second kappa shape index (κ2) is 15.0. The Balaban J connectivity index is 0.777. The number of piperidine rings is 2. The molecule has 0 radical (unpaired) electrons. The summed E-state index contributed by atoms with van der Waals surface area (Å²) in [6, 6.07) is 12.6. The number of amides is 7. The summed E-state index contributed by atoms with van der Waals surface area (Å²) in [6.45, 7) is 7.40. The van der Waals surface area contributed by atoms with Crippen molar-refractivity contribution in [3.8, 4) is 0 Å². The highest BCUT2D eigenvalue weighted by Crippen LogP contribution is 2.35. The third-order valence-electron chi connectivity index (χ3n) is 12.6. The number of urea groups is 1. The molecule has 17 heteroatoms. The standard InChI is InChI=1S/C41H47N11O6/c1-47-15-16-51(41(47)58)29-3-2-13-50(23-29)33-18-43-35(36(42)54)37(45-33)44-27-6-4-25(5-7-27)26-21-48(22-26)19-24-12-14-49(20-24)28-8-9-30-31(17-28)40(57)52(39(30)56)32-10-11-34(53)46-38(32)55/h4-9,17-18,24,26,29,32H,2-3,10-16,19-23H2,1H3,(H2,42,54)(H,44,45)(H,46,53,55)/t24-,29-,32?/m1/s1. The molecule has 0 aliphatic carbocycles. The van der Waals surface area contributed by atoms with Gasteiger partial charge in [0.1, 0.15) is 11.9 Å². The zero-order chi connectivity index (χ0) is 40.2. The van der Waals surface area contributed by atoms with Crippen LogP contribution in [0.15, 0.2) is 48.7 Å². The Morgan fingerprint density at radius 2 is 1.67 bits per heavy atom. The molecule has 7 heterocycles. The molecule has 1 aromatic heterocycles. The lowest BCUT2D eigenvalue weighted by Gasteiger charge is -2.41. The number of hydrogen-bond donors (Lipinski definition) is 3. The molecule has 6 aliphatic heterocycles. The molecule has 2 aromatic carbocycles. The average molecular weight is 790 g/mol. The van der Waals surface area contributed by atoms with Gasteiger partial charge >= 0.3 is 6.03 Å². The fraction of sp³-hybridized carbons (Fsp3) is 0.463. The maximum Gasteiger partial charge on any atom is 0.320 e. The Morgan fingerprint density at radius 1 is 0.879 bits per heavy atom. The normalized spacial score (nSPS) is 24.1. The minimum Gasteiger partial charge on any atom is -0.371 e. The molecule has 5 saturated heterocycles. The summed E-state index contributed by atoms with van der Waals surface area (Å²) in [7, 11) is 1.83. The molecule has 6 aliphatic rings. The fourth-order valence-electron chi connectivity index (χ4n) is 9.37. The molecule has 58 heavy (non-hydrogen) atoms. The van der Waals surface area contributed by atoms with Gasteiger partial charge in [-0.15, -0.1) is 0 Å². The first-order valence-electron chi connectivity index (χ1n) is 20.1. The molecule has 17 nitrogen and oxygen atoms in total. The highest BCUT2D eigenvalue weighted by molar-refractivity contribution is 6.23. The second-order valence-corrected chi connectivity index (χ2v) is 16.4. The molecule has 3 aromatic rings. The quantitative estimate of drug-likeness (QED) is 0.253. The van der Waals surface area contributed by atoms with E-state index in [2.05, 4.69) is 42.5 Å². The smallest absolute Gasteiger partial charge is 0.320 e. The number of aromatic nitrogens is 2. The van der Waals surface area contributed by atoms with E-state index in [1.54, 1.807) is 23.2 Å². The largest absolute Gasteiger partial charge is 0.371 e. The molecule has 302 valence electrons. The van der Waals surface area contributed by atoms with Gasteiger partial charge in [-0.2, -0.15) is 0 Å². The highest BCUT2D eigenvalue weighted by Gasteiger charge is 2.45. The van der Waals surface area contributed by atoms with Gasteiger partial charge in [0.15, 0.2) is 11.5 Å². The van der Waals surface area contributed by atoms with E-state index < -0.39 is 35.6 Å². The van der Waals surface area contributed by atoms with Crippen LogP contribution in [0.25, 0.3) is 0 Å². The summed E-state index contributed by atoms with van der Waals surface area (Å²) < 4.78 is 0. The maximum atomic E-state index is 13.3. The molecular weight excluding hydrogens is 743 g/mol. The van der Waals surface area contributed by atoms with Crippen molar-refractivity contribution >= 4 is 58.6 Å². The molecule has 1 unspecified atom stereocenters. The molecule has 0 bridgehead atoms. The minimum absolute atomic E-state index is 0.0560. The van der Waals surface area contributed by atoms with Crippen LogP contribution in [-0.4, -0.2) is 143 Å². The lowest BCUT2D eigenvalue weighted by molar-refractivity contribution is -0.136. The zero-order valence-corrected chi connectivity index (χ0v) is 32.4. The van der Waals surface area contributed by atoms with E-state index in [0.717, 1.165) is 81.4 Å². The lowest BCUT2D eigenvalue weighted by atomic mass is 9.90. The van der Waals surface area contributed by atoms with E-state index in [1.807, 2.05) is 30.1 Å². The summed E-state index contributed by atoms with van der Waals surface area (Å²) in [6.07, 6.45) is 4.66. The van der Waals surface area contributed by atoms with Gasteiger partial charge in [-0.25, -0.2) is 14.8 Å². The van der Waals surface area contributed by atoms with Crippen molar-refractivity contribution < 1.29 is 28.8 Å². The zero-order valence-electron chi connectivity index (χ0n) is 32.4. The van der Waals surface area contributed by atoms with Gasteiger partial charge in [-0.05, 0) is 67.5 Å². The van der Waals surface area contributed by atoms with E-state index in [0.29, 0.717) is 42.1 Å². The number of imide groups is 2. The number of nitrogens with one attached hydrogen (secondary N) is 2. The molecule has 3 atom stereocenters. The number of likely N-dealkylation sites (N-methyl/N-ethyl adjacent to an activating group) is 1. The van der Waals surface area contributed by atoms with Crippen LogP contribution in [0.2, 0.25) is 0 Å². The molecule has 7 amide bonds. The van der Waals surface area contributed by atoms with Crippen molar-refractivity contribution in [3.63, 3.8) is 0 Å².